The van der Waals surface area contributed by atoms with Crippen LogP contribution in [0.4, 0.5) is 0 Å². The average Bonchev–Trinajstić information content (AvgIpc) is 3.19. The molecule has 1 amide bonds. The predicted octanol–water partition coefficient (Wildman–Crippen LogP) is 2.96. The molecule has 1 aromatic rings. The number of hydrogen-bond donors (Lipinski definition) is 0. The Morgan fingerprint density at radius 1 is 1.35 bits per heavy atom. The second-order valence-corrected chi connectivity index (χ2v) is 4.46. The summed E-state index contributed by atoms with van der Waals surface area (Å²) in [6, 6.07) is 10.2. The number of carbonyl (C=O) groups is 1. The van der Waals surface area contributed by atoms with Crippen LogP contribution in [0.5, 0.6) is 0 Å². The fourth-order valence-electron chi connectivity index (χ4n) is 1.84. The first-order valence-corrected chi connectivity index (χ1v) is 6.31. The van der Waals surface area contributed by atoms with Gasteiger partial charge in [0.05, 0.1) is 0 Å². The van der Waals surface area contributed by atoms with E-state index in [0.29, 0.717) is 11.8 Å². The van der Waals surface area contributed by atoms with E-state index in [2.05, 4.69) is 24.3 Å². The quantitative estimate of drug-likeness (QED) is 0.760. The van der Waals surface area contributed by atoms with Gasteiger partial charge in [-0.15, -0.1) is 0 Å². The molecule has 0 saturated heterocycles. The lowest BCUT2D eigenvalue weighted by atomic mass is 10.2. The maximum atomic E-state index is 11.9. The summed E-state index contributed by atoms with van der Waals surface area (Å²) in [5, 5.41) is 0. The maximum Gasteiger partial charge on any atom is 0.225 e. The van der Waals surface area contributed by atoms with E-state index in [4.69, 9.17) is 0 Å². The molecule has 2 nitrogen and oxygen atoms in total. The zero-order valence-corrected chi connectivity index (χ0v) is 10.3. The Kier molecular flexibility index (Phi) is 3.97. The van der Waals surface area contributed by atoms with E-state index in [9.17, 15) is 4.79 Å². The van der Waals surface area contributed by atoms with Crippen LogP contribution < -0.4 is 0 Å². The van der Waals surface area contributed by atoms with Crippen LogP contribution in [-0.2, 0) is 4.79 Å². The van der Waals surface area contributed by atoms with Crippen molar-refractivity contribution in [3.05, 3.63) is 42.0 Å². The summed E-state index contributed by atoms with van der Waals surface area (Å²) >= 11 is 0. The van der Waals surface area contributed by atoms with Gasteiger partial charge < -0.3 is 4.90 Å². The predicted molar refractivity (Wildman–Crippen MR) is 70.5 cm³/mol. The van der Waals surface area contributed by atoms with Gasteiger partial charge in [-0.25, -0.2) is 0 Å². The maximum absolute atomic E-state index is 11.9. The van der Waals surface area contributed by atoms with Crippen molar-refractivity contribution in [1.29, 1.82) is 0 Å². The van der Waals surface area contributed by atoms with Crippen molar-refractivity contribution in [2.45, 2.75) is 19.8 Å². The molecule has 1 aliphatic carbocycles. The molecule has 0 spiro atoms. The minimum atomic E-state index is 0.320. The third kappa shape index (κ3) is 3.45. The molecular formula is C15H19NO. The molecule has 1 aliphatic rings. The van der Waals surface area contributed by atoms with Crippen molar-refractivity contribution in [1.82, 2.24) is 4.90 Å². The lowest BCUT2D eigenvalue weighted by molar-refractivity contribution is -0.131. The summed E-state index contributed by atoms with van der Waals surface area (Å²) < 4.78 is 0. The molecule has 0 heterocycles. The van der Waals surface area contributed by atoms with E-state index in [-0.39, 0.29) is 0 Å². The fraction of sp³-hybridized carbons (Fsp3) is 0.400. The number of benzene rings is 1. The monoisotopic (exact) mass is 229 g/mol. The lowest BCUT2D eigenvalue weighted by Crippen LogP contribution is -2.32. The molecule has 1 saturated carbocycles. The van der Waals surface area contributed by atoms with Crippen molar-refractivity contribution in [3.8, 4) is 0 Å². The Hall–Kier alpha value is -1.57. The highest BCUT2D eigenvalue weighted by atomic mass is 16.2. The summed E-state index contributed by atoms with van der Waals surface area (Å²) in [5.41, 5.74) is 1.18. The molecule has 0 radical (unpaired) electrons. The van der Waals surface area contributed by atoms with Crippen LogP contribution in [0.3, 0.4) is 0 Å². The molecule has 1 fully saturated rings. The van der Waals surface area contributed by atoms with Gasteiger partial charge in [0.25, 0.3) is 0 Å². The van der Waals surface area contributed by atoms with Crippen LogP contribution in [0.25, 0.3) is 6.08 Å². The first kappa shape index (κ1) is 11.9. The van der Waals surface area contributed by atoms with Crippen molar-refractivity contribution in [2.24, 2.45) is 5.92 Å². The average molecular weight is 229 g/mol. The molecule has 0 N–H and O–H groups in total. The molecule has 1 aromatic carbocycles. The van der Waals surface area contributed by atoms with Crippen LogP contribution in [0.1, 0.15) is 25.3 Å². The Labute approximate surface area is 103 Å². The molecule has 0 bridgehead atoms. The van der Waals surface area contributed by atoms with Crippen molar-refractivity contribution in [2.75, 3.05) is 13.1 Å². The van der Waals surface area contributed by atoms with Gasteiger partial charge >= 0.3 is 0 Å². The molecular weight excluding hydrogens is 210 g/mol. The highest BCUT2D eigenvalue weighted by molar-refractivity contribution is 5.81. The van der Waals surface area contributed by atoms with Gasteiger partial charge in [-0.05, 0) is 25.3 Å². The third-order valence-corrected chi connectivity index (χ3v) is 3.06. The number of nitrogens with zero attached hydrogens (tertiary/aromatic N) is 1. The second kappa shape index (κ2) is 5.67. The minimum Gasteiger partial charge on any atom is -0.339 e. The van der Waals surface area contributed by atoms with E-state index < -0.39 is 0 Å². The van der Waals surface area contributed by atoms with Crippen molar-refractivity contribution >= 4 is 12.0 Å². The van der Waals surface area contributed by atoms with Crippen LogP contribution in [-0.4, -0.2) is 23.9 Å². The molecule has 17 heavy (non-hydrogen) atoms. The molecule has 2 rings (SSSR count). The lowest BCUT2D eigenvalue weighted by Gasteiger charge is -2.18. The van der Waals surface area contributed by atoms with Gasteiger partial charge in [-0.3, -0.25) is 4.79 Å². The van der Waals surface area contributed by atoms with E-state index >= 15 is 0 Å². The van der Waals surface area contributed by atoms with Crippen molar-refractivity contribution < 1.29 is 4.79 Å². The van der Waals surface area contributed by atoms with Gasteiger partial charge in [-0.1, -0.05) is 42.5 Å². The Bertz CT molecular complexity index is 393. The first-order chi connectivity index (χ1) is 8.31. The summed E-state index contributed by atoms with van der Waals surface area (Å²) in [6.07, 6.45) is 6.30. The minimum absolute atomic E-state index is 0.320. The smallest absolute Gasteiger partial charge is 0.225 e. The summed E-state index contributed by atoms with van der Waals surface area (Å²) in [7, 11) is 0. The standard InChI is InChI=1S/C15H19NO/c1-2-16(15(17)14-10-11-14)12-6-9-13-7-4-3-5-8-13/h3-9,14H,2,10-12H2,1H3. The first-order valence-electron chi connectivity index (χ1n) is 6.31. The topological polar surface area (TPSA) is 20.3 Å². The Balaban J connectivity index is 1.87. The van der Waals surface area contributed by atoms with E-state index in [0.717, 1.165) is 25.9 Å². The highest BCUT2D eigenvalue weighted by Crippen LogP contribution is 2.30. The van der Waals surface area contributed by atoms with Gasteiger partial charge in [0.1, 0.15) is 0 Å². The number of amides is 1. The van der Waals surface area contributed by atoms with Gasteiger partial charge in [0.2, 0.25) is 5.91 Å². The number of carbonyl (C=O) groups excluding carboxylic acids is 1. The second-order valence-electron chi connectivity index (χ2n) is 4.46. The molecule has 90 valence electrons. The number of rotatable bonds is 5. The van der Waals surface area contributed by atoms with Crippen LogP contribution in [0.2, 0.25) is 0 Å². The van der Waals surface area contributed by atoms with Crippen LogP contribution in [0.15, 0.2) is 36.4 Å². The molecule has 0 unspecified atom stereocenters. The number of hydrogen-bond acceptors (Lipinski definition) is 1. The van der Waals surface area contributed by atoms with Gasteiger partial charge in [0.15, 0.2) is 0 Å². The van der Waals surface area contributed by atoms with Gasteiger partial charge in [0, 0.05) is 19.0 Å². The Morgan fingerprint density at radius 3 is 2.65 bits per heavy atom. The summed E-state index contributed by atoms with van der Waals surface area (Å²) in [6.45, 7) is 3.56. The molecule has 0 aromatic heterocycles. The van der Waals surface area contributed by atoms with Crippen molar-refractivity contribution in [3.63, 3.8) is 0 Å². The summed E-state index contributed by atoms with van der Waals surface area (Å²) in [4.78, 5) is 13.8. The SMILES string of the molecule is CCN(CC=Cc1ccccc1)C(=O)C1CC1. The van der Waals surface area contributed by atoms with E-state index in [1.54, 1.807) is 0 Å². The van der Waals surface area contributed by atoms with Crippen LogP contribution in [0, 0.1) is 5.92 Å². The normalized spacial score (nSPS) is 15.1. The zero-order valence-electron chi connectivity index (χ0n) is 10.3. The molecule has 0 aliphatic heterocycles. The highest BCUT2D eigenvalue weighted by Gasteiger charge is 2.32. The Morgan fingerprint density at radius 2 is 2.06 bits per heavy atom. The number of likely N-dealkylation sites (N-methyl/N-ethyl adjacent to an activating group) is 1. The summed E-state index contributed by atoms with van der Waals surface area (Å²) in [5.74, 6) is 0.644. The molecule has 0 atom stereocenters. The van der Waals surface area contributed by atoms with E-state index in [1.165, 1.54) is 5.56 Å². The third-order valence-electron chi connectivity index (χ3n) is 3.06. The molecule has 2 heteroatoms. The van der Waals surface area contributed by atoms with Crippen LogP contribution >= 0.6 is 0 Å². The van der Waals surface area contributed by atoms with E-state index in [1.807, 2.05) is 30.0 Å². The largest absolute Gasteiger partial charge is 0.339 e. The fourth-order valence-corrected chi connectivity index (χ4v) is 1.84. The zero-order chi connectivity index (χ0) is 12.1. The van der Waals surface area contributed by atoms with Gasteiger partial charge in [-0.2, -0.15) is 0 Å².